The van der Waals surface area contributed by atoms with Crippen LogP contribution in [0.4, 0.5) is 4.79 Å². The van der Waals surface area contributed by atoms with Gasteiger partial charge in [0.25, 0.3) is 0 Å². The molecule has 1 unspecified atom stereocenters. The number of ether oxygens (including phenoxy) is 3. The van der Waals surface area contributed by atoms with Crippen molar-refractivity contribution in [3.05, 3.63) is 29.8 Å². The lowest BCUT2D eigenvalue weighted by Crippen LogP contribution is -2.25. The average Bonchev–Trinajstić information content (AvgIpc) is 2.57. The first-order chi connectivity index (χ1) is 11.0. The summed E-state index contributed by atoms with van der Waals surface area (Å²) >= 11 is 0. The predicted octanol–water partition coefficient (Wildman–Crippen LogP) is 0.0989. The maximum absolute atomic E-state index is 11.7. The van der Waals surface area contributed by atoms with Crippen molar-refractivity contribution < 1.29 is 33.7 Å². The van der Waals surface area contributed by atoms with Crippen molar-refractivity contribution in [3.63, 3.8) is 0 Å². The van der Waals surface area contributed by atoms with Gasteiger partial charge in [0.2, 0.25) is 0 Å². The maximum Gasteiger partial charge on any atom is 0.412 e. The van der Waals surface area contributed by atoms with Crippen LogP contribution in [0.5, 0.6) is 5.75 Å². The molecule has 0 bridgehead atoms. The lowest BCUT2D eigenvalue weighted by molar-refractivity contribution is -0.140. The number of rotatable bonds is 6. The number of amides is 1. The molecule has 0 heterocycles. The monoisotopic (exact) mass is 321 g/mol. The quantitative estimate of drug-likeness (QED) is 0.434. The largest absolute Gasteiger partial charge is 0.459 e. The van der Waals surface area contributed by atoms with Crippen molar-refractivity contribution in [1.82, 2.24) is 5.32 Å². The van der Waals surface area contributed by atoms with E-state index >= 15 is 0 Å². The molecule has 0 spiro atoms. The van der Waals surface area contributed by atoms with E-state index in [1.165, 1.54) is 31.3 Å². The molecule has 0 fully saturated rings. The Labute approximate surface area is 132 Å². The van der Waals surface area contributed by atoms with Crippen molar-refractivity contribution >= 4 is 18.0 Å². The highest BCUT2D eigenvalue weighted by molar-refractivity contribution is 5.89. The van der Waals surface area contributed by atoms with E-state index in [0.29, 0.717) is 0 Å². The van der Waals surface area contributed by atoms with Crippen molar-refractivity contribution in [2.75, 3.05) is 20.3 Å². The van der Waals surface area contributed by atoms with Gasteiger partial charge in [-0.3, -0.25) is 0 Å². The van der Waals surface area contributed by atoms with Crippen molar-refractivity contribution in [2.45, 2.75) is 6.10 Å². The maximum atomic E-state index is 11.7. The van der Waals surface area contributed by atoms with Crippen LogP contribution in [-0.2, 0) is 14.3 Å². The van der Waals surface area contributed by atoms with Crippen LogP contribution >= 0.6 is 0 Å². The van der Waals surface area contributed by atoms with Gasteiger partial charge in [0.05, 0.1) is 5.56 Å². The summed E-state index contributed by atoms with van der Waals surface area (Å²) < 4.78 is 14.2. The van der Waals surface area contributed by atoms with Gasteiger partial charge in [-0.25, -0.2) is 14.4 Å². The lowest BCUT2D eigenvalue weighted by atomic mass is 10.2. The van der Waals surface area contributed by atoms with Crippen LogP contribution in [-0.4, -0.2) is 49.5 Å². The first kappa shape index (κ1) is 18.0. The average molecular weight is 321 g/mol. The minimum Gasteiger partial charge on any atom is -0.459 e. The Kier molecular flexibility index (Phi) is 7.10. The molecule has 0 saturated heterocycles. The Balaban J connectivity index is 2.44. The number of carbonyl (C=O) groups excluding carboxylic acids is 3. The zero-order valence-electron chi connectivity index (χ0n) is 12.3. The van der Waals surface area contributed by atoms with Crippen molar-refractivity contribution in [2.24, 2.45) is 0 Å². The molecule has 0 aliphatic carbocycles. The summed E-state index contributed by atoms with van der Waals surface area (Å²) in [5.41, 5.74) is 0.196. The molecule has 23 heavy (non-hydrogen) atoms. The van der Waals surface area contributed by atoms with E-state index in [-0.39, 0.29) is 24.5 Å². The molecule has 8 nitrogen and oxygen atoms in total. The van der Waals surface area contributed by atoms with Gasteiger partial charge >= 0.3 is 18.0 Å². The van der Waals surface area contributed by atoms with Gasteiger partial charge in [0.1, 0.15) is 25.1 Å². The van der Waals surface area contributed by atoms with Crippen LogP contribution in [0.3, 0.4) is 0 Å². The van der Waals surface area contributed by atoms with E-state index in [1.807, 2.05) is 0 Å². The van der Waals surface area contributed by atoms with Gasteiger partial charge in [-0.1, -0.05) is 0 Å². The summed E-state index contributed by atoms with van der Waals surface area (Å²) in [5, 5.41) is 11.8. The van der Waals surface area contributed by atoms with E-state index in [1.54, 1.807) is 5.92 Å². The van der Waals surface area contributed by atoms with E-state index < -0.39 is 24.1 Å². The lowest BCUT2D eigenvalue weighted by Gasteiger charge is -2.11. The highest BCUT2D eigenvalue weighted by Gasteiger charge is 2.13. The first-order valence-corrected chi connectivity index (χ1v) is 6.44. The number of hydrogen-bond donors (Lipinski definition) is 2. The number of benzene rings is 1. The third-order valence-electron chi connectivity index (χ3n) is 2.44. The van der Waals surface area contributed by atoms with Crippen LogP contribution in [0.25, 0.3) is 0 Å². The molecule has 1 atom stereocenters. The molecule has 1 aromatic carbocycles. The minimum absolute atomic E-state index is 0.196. The molecule has 0 aliphatic rings. The summed E-state index contributed by atoms with van der Waals surface area (Å²) in [6, 6.07) is 5.62. The zero-order valence-corrected chi connectivity index (χ0v) is 12.3. The SMILES string of the molecule is C#CC(=O)OCC(O)COC(=O)c1ccc(OC(=O)NC)cc1. The smallest absolute Gasteiger partial charge is 0.412 e. The Hall–Kier alpha value is -3.05. The molecular weight excluding hydrogens is 306 g/mol. The molecule has 0 radical (unpaired) electrons. The number of hydrogen-bond acceptors (Lipinski definition) is 7. The third kappa shape index (κ3) is 6.50. The molecular formula is C15H15NO7. The topological polar surface area (TPSA) is 111 Å². The van der Waals surface area contributed by atoms with Crippen LogP contribution in [0.1, 0.15) is 10.4 Å². The van der Waals surface area contributed by atoms with Gasteiger partial charge in [0.15, 0.2) is 0 Å². The van der Waals surface area contributed by atoms with Gasteiger partial charge in [-0.2, -0.15) is 0 Å². The molecule has 122 valence electrons. The molecule has 0 aliphatic heterocycles. The second-order valence-corrected chi connectivity index (χ2v) is 4.16. The molecule has 1 amide bonds. The molecule has 0 aromatic heterocycles. The van der Waals surface area contributed by atoms with Crippen LogP contribution in [0.2, 0.25) is 0 Å². The fraction of sp³-hybridized carbons (Fsp3) is 0.267. The number of aliphatic hydroxyl groups excluding tert-OH is 1. The second kappa shape index (κ2) is 9.07. The summed E-state index contributed by atoms with van der Waals surface area (Å²) in [6.45, 7) is -0.748. The molecule has 1 aromatic rings. The predicted molar refractivity (Wildman–Crippen MR) is 77.6 cm³/mol. The highest BCUT2D eigenvalue weighted by atomic mass is 16.6. The summed E-state index contributed by atoms with van der Waals surface area (Å²) in [6.07, 6.45) is 2.96. The van der Waals surface area contributed by atoms with E-state index in [9.17, 15) is 19.5 Å². The Morgan fingerprint density at radius 1 is 1.22 bits per heavy atom. The van der Waals surface area contributed by atoms with E-state index in [4.69, 9.17) is 15.9 Å². The molecule has 0 saturated carbocycles. The van der Waals surface area contributed by atoms with E-state index in [0.717, 1.165) is 0 Å². The van der Waals surface area contributed by atoms with Gasteiger partial charge in [-0.15, -0.1) is 6.42 Å². The zero-order chi connectivity index (χ0) is 17.2. The standard InChI is InChI=1S/C15H15NO7/c1-3-13(18)21-8-11(17)9-22-14(19)10-4-6-12(7-5-10)23-15(20)16-2/h1,4-7,11,17H,8-9H2,2H3,(H,16,20). The summed E-state index contributed by atoms with van der Waals surface area (Å²) in [5.74, 6) is 0.355. The Morgan fingerprint density at radius 3 is 2.39 bits per heavy atom. The van der Waals surface area contributed by atoms with Crippen LogP contribution in [0.15, 0.2) is 24.3 Å². The Bertz CT molecular complexity index is 603. The number of carbonyl (C=O) groups is 3. The summed E-state index contributed by atoms with van der Waals surface area (Å²) in [4.78, 5) is 33.4. The number of esters is 2. The normalized spacial score (nSPS) is 10.8. The van der Waals surface area contributed by atoms with Crippen LogP contribution in [0, 0.1) is 12.3 Å². The van der Waals surface area contributed by atoms with Gasteiger partial charge in [0, 0.05) is 13.0 Å². The fourth-order valence-corrected chi connectivity index (χ4v) is 1.33. The first-order valence-electron chi connectivity index (χ1n) is 6.44. The minimum atomic E-state index is -1.19. The molecule has 1 rings (SSSR count). The second-order valence-electron chi connectivity index (χ2n) is 4.16. The van der Waals surface area contributed by atoms with Gasteiger partial charge < -0.3 is 24.6 Å². The Morgan fingerprint density at radius 2 is 1.83 bits per heavy atom. The molecule has 2 N–H and O–H groups in total. The van der Waals surface area contributed by atoms with Crippen LogP contribution < -0.4 is 10.1 Å². The highest BCUT2D eigenvalue weighted by Crippen LogP contribution is 2.13. The fourth-order valence-electron chi connectivity index (χ4n) is 1.33. The van der Waals surface area contributed by atoms with Crippen molar-refractivity contribution in [1.29, 1.82) is 0 Å². The van der Waals surface area contributed by atoms with Crippen molar-refractivity contribution in [3.8, 4) is 18.1 Å². The van der Waals surface area contributed by atoms with E-state index in [2.05, 4.69) is 10.1 Å². The molecule has 8 heteroatoms. The summed E-state index contributed by atoms with van der Waals surface area (Å²) in [7, 11) is 1.42. The number of terminal acetylenes is 1. The van der Waals surface area contributed by atoms with Gasteiger partial charge in [-0.05, 0) is 24.3 Å². The third-order valence-corrected chi connectivity index (χ3v) is 2.44. The number of nitrogens with one attached hydrogen (secondary N) is 1. The number of aliphatic hydroxyl groups is 1.